The Morgan fingerprint density at radius 3 is 2.86 bits per heavy atom. The van der Waals surface area contributed by atoms with E-state index in [1.165, 1.54) is 13.2 Å². The molecule has 76 valence electrons. The molecular weight excluding hydrogens is 206 g/mol. The van der Waals surface area contributed by atoms with Crippen LogP contribution in [0.4, 0.5) is 0 Å². The molecule has 0 radical (unpaired) electrons. The van der Waals surface area contributed by atoms with E-state index in [1.54, 1.807) is 6.92 Å². The summed E-state index contributed by atoms with van der Waals surface area (Å²) in [6, 6.07) is 1.50. The van der Waals surface area contributed by atoms with Crippen molar-refractivity contribution in [3.05, 3.63) is 28.0 Å². The van der Waals surface area contributed by atoms with Gasteiger partial charge < -0.3 is 9.84 Å². The van der Waals surface area contributed by atoms with Gasteiger partial charge in [-0.25, -0.2) is 9.78 Å². The maximum Gasteiger partial charge on any atom is 0.337 e. The third-order valence-electron chi connectivity index (χ3n) is 1.76. The second kappa shape index (κ2) is 4.39. The third kappa shape index (κ3) is 2.21. The van der Waals surface area contributed by atoms with E-state index >= 15 is 0 Å². The van der Waals surface area contributed by atoms with E-state index in [0.717, 1.165) is 0 Å². The van der Waals surface area contributed by atoms with Crippen LogP contribution in [0.1, 0.15) is 21.6 Å². The van der Waals surface area contributed by atoms with Crippen molar-refractivity contribution in [2.24, 2.45) is 0 Å². The van der Waals surface area contributed by atoms with E-state index in [-0.39, 0.29) is 17.3 Å². The fourth-order valence-corrected chi connectivity index (χ4v) is 1.52. The van der Waals surface area contributed by atoms with Crippen molar-refractivity contribution in [2.75, 3.05) is 7.11 Å². The Morgan fingerprint density at radius 2 is 2.36 bits per heavy atom. The molecule has 0 fully saturated rings. The van der Waals surface area contributed by atoms with Crippen molar-refractivity contribution in [3.8, 4) is 0 Å². The molecule has 0 aromatic carbocycles. The maximum atomic E-state index is 10.9. The Kier molecular flexibility index (Phi) is 3.43. The largest absolute Gasteiger partial charge is 0.478 e. The second-order valence-electron chi connectivity index (χ2n) is 2.80. The number of nitrogens with zero attached hydrogens (tertiary/aromatic N) is 1. The molecule has 0 aliphatic heterocycles. The van der Waals surface area contributed by atoms with Gasteiger partial charge in [0.15, 0.2) is 0 Å². The topological polar surface area (TPSA) is 59.4 Å². The summed E-state index contributed by atoms with van der Waals surface area (Å²) in [5.41, 5.74) is 1.10. The van der Waals surface area contributed by atoms with Crippen LogP contribution in [-0.2, 0) is 11.3 Å². The summed E-state index contributed by atoms with van der Waals surface area (Å²) in [4.78, 5) is 14.8. The maximum absolute atomic E-state index is 10.9. The Balaban J connectivity index is 3.28. The van der Waals surface area contributed by atoms with Crippen molar-refractivity contribution >= 4 is 17.6 Å². The lowest BCUT2D eigenvalue weighted by Gasteiger charge is -2.07. The van der Waals surface area contributed by atoms with Crippen molar-refractivity contribution in [3.63, 3.8) is 0 Å². The van der Waals surface area contributed by atoms with E-state index in [4.69, 9.17) is 21.4 Å². The first kappa shape index (κ1) is 10.9. The molecule has 0 amide bonds. The van der Waals surface area contributed by atoms with E-state index in [0.29, 0.717) is 11.3 Å². The Hall–Kier alpha value is -1.13. The predicted molar refractivity (Wildman–Crippen MR) is 51.7 cm³/mol. The van der Waals surface area contributed by atoms with Crippen LogP contribution in [0.3, 0.4) is 0 Å². The lowest BCUT2D eigenvalue weighted by molar-refractivity contribution is 0.0690. The van der Waals surface area contributed by atoms with Gasteiger partial charge in [-0.05, 0) is 18.6 Å². The van der Waals surface area contributed by atoms with Crippen LogP contribution in [0.15, 0.2) is 6.07 Å². The van der Waals surface area contributed by atoms with Gasteiger partial charge in [0.25, 0.3) is 0 Å². The molecule has 0 saturated carbocycles. The number of carbonyl (C=O) groups is 1. The summed E-state index contributed by atoms with van der Waals surface area (Å²) < 4.78 is 4.88. The van der Waals surface area contributed by atoms with Crippen molar-refractivity contribution in [1.29, 1.82) is 0 Å². The average Bonchev–Trinajstić information content (AvgIpc) is 2.01. The minimum atomic E-state index is -1.02. The highest BCUT2D eigenvalue weighted by Crippen LogP contribution is 2.18. The first-order chi connectivity index (χ1) is 6.56. The molecule has 1 N–H and O–H groups in total. The number of pyridine rings is 1. The quantitative estimate of drug-likeness (QED) is 0.783. The second-order valence-corrected chi connectivity index (χ2v) is 3.19. The molecule has 0 atom stereocenters. The van der Waals surface area contributed by atoms with Crippen molar-refractivity contribution in [1.82, 2.24) is 4.98 Å². The molecule has 0 bridgehead atoms. The number of hydrogen-bond donors (Lipinski definition) is 1. The molecule has 0 saturated heterocycles. The number of halogens is 1. The molecule has 0 aliphatic carbocycles. The van der Waals surface area contributed by atoms with Crippen molar-refractivity contribution < 1.29 is 14.6 Å². The van der Waals surface area contributed by atoms with Crippen LogP contribution in [0, 0.1) is 6.92 Å². The highest BCUT2D eigenvalue weighted by molar-refractivity contribution is 6.29. The van der Waals surface area contributed by atoms with E-state index in [1.807, 2.05) is 0 Å². The summed E-state index contributed by atoms with van der Waals surface area (Å²) in [7, 11) is 1.50. The summed E-state index contributed by atoms with van der Waals surface area (Å²) in [6.45, 7) is 1.82. The number of hydrogen-bond acceptors (Lipinski definition) is 3. The molecule has 1 aromatic rings. The summed E-state index contributed by atoms with van der Waals surface area (Å²) in [5, 5.41) is 9.20. The number of rotatable bonds is 3. The van der Waals surface area contributed by atoms with Gasteiger partial charge in [-0.2, -0.15) is 0 Å². The number of aryl methyl sites for hydroxylation is 1. The lowest BCUT2D eigenvalue weighted by atomic mass is 10.1. The number of carboxylic acids is 1. The standard InChI is InChI=1S/C9H10ClNO3/c1-5-8(9(12)13)6(4-14-2)3-7(10)11-5/h3H,4H2,1-2H3,(H,12,13). The van der Waals surface area contributed by atoms with Gasteiger partial charge in [-0.1, -0.05) is 11.6 Å². The molecule has 1 aromatic heterocycles. The van der Waals surface area contributed by atoms with Crippen LogP contribution < -0.4 is 0 Å². The molecule has 0 aliphatic rings. The van der Waals surface area contributed by atoms with Crippen LogP contribution >= 0.6 is 11.6 Å². The zero-order valence-electron chi connectivity index (χ0n) is 7.87. The minimum Gasteiger partial charge on any atom is -0.478 e. The van der Waals surface area contributed by atoms with Gasteiger partial charge in [0.1, 0.15) is 5.15 Å². The number of aromatic carboxylic acids is 1. The molecule has 14 heavy (non-hydrogen) atoms. The highest BCUT2D eigenvalue weighted by atomic mass is 35.5. The van der Waals surface area contributed by atoms with Crippen LogP contribution in [0.5, 0.6) is 0 Å². The average molecular weight is 216 g/mol. The van der Waals surface area contributed by atoms with Gasteiger partial charge in [-0.15, -0.1) is 0 Å². The monoisotopic (exact) mass is 215 g/mol. The zero-order chi connectivity index (χ0) is 10.7. The molecular formula is C9H10ClNO3. The highest BCUT2D eigenvalue weighted by Gasteiger charge is 2.15. The third-order valence-corrected chi connectivity index (χ3v) is 1.96. The molecule has 1 rings (SSSR count). The minimum absolute atomic E-state index is 0.163. The SMILES string of the molecule is COCc1cc(Cl)nc(C)c1C(=O)O. The molecule has 5 heteroatoms. The summed E-state index contributed by atoms with van der Waals surface area (Å²) in [5.74, 6) is -1.02. The first-order valence-electron chi connectivity index (χ1n) is 3.94. The fraction of sp³-hybridized carbons (Fsp3) is 0.333. The fourth-order valence-electron chi connectivity index (χ4n) is 1.26. The van der Waals surface area contributed by atoms with E-state index in [9.17, 15) is 4.79 Å². The van der Waals surface area contributed by atoms with E-state index in [2.05, 4.69) is 4.98 Å². The van der Waals surface area contributed by atoms with Crippen LogP contribution in [0.2, 0.25) is 5.15 Å². The summed E-state index contributed by atoms with van der Waals surface area (Å²) >= 11 is 5.70. The molecule has 1 heterocycles. The molecule has 0 spiro atoms. The van der Waals surface area contributed by atoms with Gasteiger partial charge in [-0.3, -0.25) is 0 Å². The van der Waals surface area contributed by atoms with Crippen LogP contribution in [-0.4, -0.2) is 23.2 Å². The number of aromatic nitrogens is 1. The van der Waals surface area contributed by atoms with Gasteiger partial charge >= 0.3 is 5.97 Å². The molecule has 0 unspecified atom stereocenters. The summed E-state index contributed by atoms with van der Waals surface area (Å²) in [6.07, 6.45) is 0. The normalized spacial score (nSPS) is 10.2. The Labute approximate surface area is 86.5 Å². The van der Waals surface area contributed by atoms with Gasteiger partial charge in [0.2, 0.25) is 0 Å². The predicted octanol–water partition coefficient (Wildman–Crippen LogP) is 1.89. The Morgan fingerprint density at radius 1 is 1.71 bits per heavy atom. The Bertz CT molecular complexity index is 365. The first-order valence-corrected chi connectivity index (χ1v) is 4.32. The number of ether oxygens (including phenoxy) is 1. The lowest BCUT2D eigenvalue weighted by Crippen LogP contribution is -2.08. The van der Waals surface area contributed by atoms with Crippen LogP contribution in [0.25, 0.3) is 0 Å². The van der Waals surface area contributed by atoms with Gasteiger partial charge in [0.05, 0.1) is 17.9 Å². The van der Waals surface area contributed by atoms with Gasteiger partial charge in [0, 0.05) is 7.11 Å². The zero-order valence-corrected chi connectivity index (χ0v) is 8.63. The number of methoxy groups -OCH3 is 1. The smallest absolute Gasteiger partial charge is 0.337 e. The molecule has 4 nitrogen and oxygen atoms in total. The van der Waals surface area contributed by atoms with Crippen molar-refractivity contribution in [2.45, 2.75) is 13.5 Å². The van der Waals surface area contributed by atoms with E-state index < -0.39 is 5.97 Å². The number of carboxylic acid groups (broad SMARTS) is 1.